The largest absolute Gasteiger partial charge is 0.355 e. The van der Waals surface area contributed by atoms with E-state index in [9.17, 15) is 4.79 Å². The van der Waals surface area contributed by atoms with Crippen LogP contribution in [0.5, 0.6) is 0 Å². The molecule has 0 radical (unpaired) electrons. The number of nitrogens with zero attached hydrogens (tertiary/aromatic N) is 2. The SMILES string of the molecule is Cc1nc2scc(C)n2c1CNC1CCC(=O)NC1. The van der Waals surface area contributed by atoms with E-state index in [1.165, 1.54) is 11.4 Å². The van der Waals surface area contributed by atoms with Gasteiger partial charge in [0.2, 0.25) is 5.91 Å². The molecule has 1 saturated heterocycles. The number of thiazole rings is 1. The van der Waals surface area contributed by atoms with Crippen molar-refractivity contribution in [3.05, 3.63) is 22.5 Å². The van der Waals surface area contributed by atoms with Crippen LogP contribution >= 0.6 is 11.3 Å². The number of carbonyl (C=O) groups is 1. The van der Waals surface area contributed by atoms with E-state index in [1.807, 2.05) is 0 Å². The molecule has 1 aliphatic rings. The monoisotopic (exact) mass is 278 g/mol. The van der Waals surface area contributed by atoms with E-state index in [2.05, 4.69) is 39.2 Å². The topological polar surface area (TPSA) is 58.4 Å². The van der Waals surface area contributed by atoms with Gasteiger partial charge in [0, 0.05) is 36.6 Å². The number of hydrogen-bond acceptors (Lipinski definition) is 4. The highest BCUT2D eigenvalue weighted by atomic mass is 32.1. The molecule has 19 heavy (non-hydrogen) atoms. The summed E-state index contributed by atoms with van der Waals surface area (Å²) in [5.41, 5.74) is 3.54. The summed E-state index contributed by atoms with van der Waals surface area (Å²) in [5.74, 6) is 0.162. The number of amides is 1. The fraction of sp³-hybridized carbons (Fsp3) is 0.538. The van der Waals surface area contributed by atoms with Crippen LogP contribution in [0, 0.1) is 13.8 Å². The van der Waals surface area contributed by atoms with Crippen molar-refractivity contribution in [1.82, 2.24) is 20.0 Å². The summed E-state index contributed by atoms with van der Waals surface area (Å²) in [5, 5.41) is 8.55. The summed E-state index contributed by atoms with van der Waals surface area (Å²) >= 11 is 1.68. The number of hydrogen-bond donors (Lipinski definition) is 2. The second kappa shape index (κ2) is 4.94. The van der Waals surface area contributed by atoms with Gasteiger partial charge in [-0.1, -0.05) is 0 Å². The standard InChI is InChI=1S/C13H18N4OS/c1-8-7-19-13-16-9(2)11(17(8)13)6-14-10-3-4-12(18)15-5-10/h7,10,14H,3-6H2,1-2H3,(H,15,18). The second-order valence-electron chi connectivity index (χ2n) is 5.06. The summed E-state index contributed by atoms with van der Waals surface area (Å²) in [7, 11) is 0. The van der Waals surface area contributed by atoms with Crippen molar-refractivity contribution in [3.63, 3.8) is 0 Å². The zero-order valence-electron chi connectivity index (χ0n) is 11.2. The predicted octanol–water partition coefficient (Wildman–Crippen LogP) is 1.38. The lowest BCUT2D eigenvalue weighted by atomic mass is 10.1. The maximum atomic E-state index is 11.1. The number of aromatic nitrogens is 2. The Bertz CT molecular complexity index is 605. The van der Waals surface area contributed by atoms with Crippen LogP contribution in [0.4, 0.5) is 0 Å². The molecule has 1 aliphatic heterocycles. The number of carbonyl (C=O) groups excluding carboxylic acids is 1. The highest BCUT2D eigenvalue weighted by Gasteiger charge is 2.19. The van der Waals surface area contributed by atoms with Crippen LogP contribution in [0.15, 0.2) is 5.38 Å². The fourth-order valence-electron chi connectivity index (χ4n) is 2.52. The van der Waals surface area contributed by atoms with Crippen LogP contribution in [0.1, 0.15) is 29.9 Å². The maximum Gasteiger partial charge on any atom is 0.220 e. The lowest BCUT2D eigenvalue weighted by Crippen LogP contribution is -2.45. The number of nitrogens with one attached hydrogen (secondary N) is 2. The van der Waals surface area contributed by atoms with Gasteiger partial charge in [-0.2, -0.15) is 0 Å². The summed E-state index contributed by atoms with van der Waals surface area (Å²) in [6.45, 7) is 5.68. The third kappa shape index (κ3) is 2.37. The van der Waals surface area contributed by atoms with Crippen LogP contribution in [0.2, 0.25) is 0 Å². The minimum atomic E-state index is 0.162. The molecule has 0 saturated carbocycles. The minimum absolute atomic E-state index is 0.162. The molecule has 0 aromatic carbocycles. The van der Waals surface area contributed by atoms with Crippen LogP contribution in [-0.2, 0) is 11.3 Å². The van der Waals surface area contributed by atoms with Gasteiger partial charge in [0.25, 0.3) is 0 Å². The quantitative estimate of drug-likeness (QED) is 0.892. The maximum absolute atomic E-state index is 11.1. The van der Waals surface area contributed by atoms with E-state index in [-0.39, 0.29) is 5.91 Å². The number of fused-ring (bicyclic) bond motifs is 1. The highest BCUT2D eigenvalue weighted by molar-refractivity contribution is 7.15. The fourth-order valence-corrected chi connectivity index (χ4v) is 3.45. The molecule has 0 spiro atoms. The van der Waals surface area contributed by atoms with Crippen LogP contribution < -0.4 is 10.6 Å². The first-order valence-electron chi connectivity index (χ1n) is 6.57. The number of imidazole rings is 1. The Balaban J connectivity index is 1.73. The molecule has 1 fully saturated rings. The number of aryl methyl sites for hydroxylation is 2. The Morgan fingerprint density at radius 2 is 2.42 bits per heavy atom. The van der Waals surface area contributed by atoms with Gasteiger partial charge in [0.05, 0.1) is 11.4 Å². The molecule has 0 bridgehead atoms. The van der Waals surface area contributed by atoms with Crippen molar-refractivity contribution in [2.24, 2.45) is 0 Å². The molecule has 1 amide bonds. The van der Waals surface area contributed by atoms with Crippen molar-refractivity contribution < 1.29 is 4.79 Å². The smallest absolute Gasteiger partial charge is 0.220 e. The molecule has 1 atom stereocenters. The Hall–Kier alpha value is -1.40. The first-order valence-corrected chi connectivity index (χ1v) is 7.45. The van der Waals surface area contributed by atoms with Gasteiger partial charge in [-0.15, -0.1) is 11.3 Å². The van der Waals surface area contributed by atoms with Crippen molar-refractivity contribution in [1.29, 1.82) is 0 Å². The molecule has 0 aliphatic carbocycles. The normalized spacial score (nSPS) is 19.9. The van der Waals surface area contributed by atoms with Gasteiger partial charge in [-0.25, -0.2) is 4.98 Å². The third-order valence-electron chi connectivity index (χ3n) is 3.65. The molecular formula is C13H18N4OS. The Kier molecular flexibility index (Phi) is 3.28. The number of rotatable bonds is 3. The lowest BCUT2D eigenvalue weighted by molar-refractivity contribution is -0.122. The number of piperidine rings is 1. The Morgan fingerprint density at radius 3 is 3.16 bits per heavy atom. The first-order chi connectivity index (χ1) is 9.15. The van der Waals surface area contributed by atoms with Crippen molar-refractivity contribution in [3.8, 4) is 0 Å². The molecule has 5 nitrogen and oxygen atoms in total. The minimum Gasteiger partial charge on any atom is -0.355 e. The van der Waals surface area contributed by atoms with Gasteiger partial charge >= 0.3 is 0 Å². The predicted molar refractivity (Wildman–Crippen MR) is 75.4 cm³/mol. The molecule has 3 rings (SSSR count). The van der Waals surface area contributed by atoms with E-state index in [4.69, 9.17) is 0 Å². The summed E-state index contributed by atoms with van der Waals surface area (Å²) < 4.78 is 2.22. The van der Waals surface area contributed by atoms with Gasteiger partial charge in [0.1, 0.15) is 0 Å². The molecule has 6 heteroatoms. The van der Waals surface area contributed by atoms with Crippen LogP contribution in [0.25, 0.3) is 4.96 Å². The molecule has 102 valence electrons. The molecular weight excluding hydrogens is 260 g/mol. The zero-order chi connectivity index (χ0) is 13.4. The van der Waals surface area contributed by atoms with Crippen molar-refractivity contribution in [2.75, 3.05) is 6.54 Å². The van der Waals surface area contributed by atoms with Gasteiger partial charge in [-0.05, 0) is 20.3 Å². The van der Waals surface area contributed by atoms with Gasteiger partial charge < -0.3 is 10.6 Å². The second-order valence-corrected chi connectivity index (χ2v) is 5.90. The third-order valence-corrected chi connectivity index (χ3v) is 4.60. The zero-order valence-corrected chi connectivity index (χ0v) is 12.0. The van der Waals surface area contributed by atoms with Gasteiger partial charge in [0.15, 0.2) is 4.96 Å². The Morgan fingerprint density at radius 1 is 1.58 bits per heavy atom. The van der Waals surface area contributed by atoms with Crippen LogP contribution in [0.3, 0.4) is 0 Å². The van der Waals surface area contributed by atoms with Crippen molar-refractivity contribution >= 4 is 22.2 Å². The summed E-state index contributed by atoms with van der Waals surface area (Å²) in [6, 6.07) is 0.363. The van der Waals surface area contributed by atoms with E-state index in [0.717, 1.165) is 30.2 Å². The molecule has 2 aromatic heterocycles. The van der Waals surface area contributed by atoms with E-state index < -0.39 is 0 Å². The Labute approximate surface area is 116 Å². The highest BCUT2D eigenvalue weighted by Crippen LogP contribution is 2.20. The molecule has 2 N–H and O–H groups in total. The van der Waals surface area contributed by atoms with Crippen molar-refractivity contribution in [2.45, 2.75) is 39.3 Å². The first kappa shape index (κ1) is 12.6. The summed E-state index contributed by atoms with van der Waals surface area (Å²) in [4.78, 5) is 16.8. The van der Waals surface area contributed by atoms with E-state index in [1.54, 1.807) is 11.3 Å². The molecule has 2 aromatic rings. The van der Waals surface area contributed by atoms with Gasteiger partial charge in [-0.3, -0.25) is 9.20 Å². The van der Waals surface area contributed by atoms with Crippen LogP contribution in [-0.4, -0.2) is 27.9 Å². The van der Waals surface area contributed by atoms with E-state index >= 15 is 0 Å². The molecule has 3 heterocycles. The average Bonchev–Trinajstić information content (AvgIpc) is 2.89. The van der Waals surface area contributed by atoms with E-state index in [0.29, 0.717) is 12.5 Å². The average molecular weight is 278 g/mol. The lowest BCUT2D eigenvalue weighted by Gasteiger charge is -2.23. The molecule has 1 unspecified atom stereocenters. The summed E-state index contributed by atoms with van der Waals surface area (Å²) in [6.07, 6.45) is 1.53.